The maximum atomic E-state index is 11.0. The summed E-state index contributed by atoms with van der Waals surface area (Å²) >= 11 is 0. The molecule has 0 radical (unpaired) electrons. The lowest BCUT2D eigenvalue weighted by Crippen LogP contribution is -2.17. The topological polar surface area (TPSA) is 17.1 Å². The molecule has 2 aliphatic carbocycles. The molecule has 2 rings (SSSR count). The predicted octanol–water partition coefficient (Wildman–Crippen LogP) is 2.65. The molecule has 0 aliphatic heterocycles. The first-order chi connectivity index (χ1) is 5.66. The first-order valence-corrected chi connectivity index (χ1v) is 5.16. The zero-order valence-corrected chi connectivity index (χ0v) is 8.05. The van der Waals surface area contributed by atoms with Crippen LogP contribution < -0.4 is 0 Å². The Bertz CT molecular complexity index is 195. The van der Waals surface area contributed by atoms with E-state index in [0.29, 0.717) is 5.78 Å². The molecule has 68 valence electrons. The highest BCUT2D eigenvalue weighted by atomic mass is 16.1. The van der Waals surface area contributed by atoms with Gasteiger partial charge in [-0.05, 0) is 49.9 Å². The molecule has 1 nitrogen and oxygen atoms in total. The zero-order valence-electron chi connectivity index (χ0n) is 8.05. The van der Waals surface area contributed by atoms with Gasteiger partial charge >= 0.3 is 0 Å². The highest BCUT2D eigenvalue weighted by Gasteiger charge is 2.43. The van der Waals surface area contributed by atoms with Crippen molar-refractivity contribution in [2.24, 2.45) is 23.7 Å². The predicted molar refractivity (Wildman–Crippen MR) is 48.8 cm³/mol. The molecule has 0 N–H and O–H groups in total. The van der Waals surface area contributed by atoms with Gasteiger partial charge in [0.05, 0.1) is 0 Å². The van der Waals surface area contributed by atoms with Crippen LogP contribution in [0.25, 0.3) is 0 Å². The Morgan fingerprint density at radius 1 is 1.25 bits per heavy atom. The Labute approximate surface area is 74.5 Å². The van der Waals surface area contributed by atoms with Gasteiger partial charge in [-0.1, -0.05) is 6.92 Å². The van der Waals surface area contributed by atoms with E-state index in [0.717, 1.165) is 30.1 Å². The highest BCUT2D eigenvalue weighted by Crippen LogP contribution is 2.52. The first kappa shape index (κ1) is 8.28. The van der Waals surface area contributed by atoms with Crippen molar-refractivity contribution in [1.82, 2.24) is 0 Å². The molecule has 4 atom stereocenters. The van der Waals surface area contributed by atoms with Gasteiger partial charge in [0, 0.05) is 6.42 Å². The molecule has 12 heavy (non-hydrogen) atoms. The molecule has 2 saturated carbocycles. The second-order valence-corrected chi connectivity index (χ2v) is 4.87. The van der Waals surface area contributed by atoms with Crippen LogP contribution in [-0.2, 0) is 4.79 Å². The minimum atomic E-state index is 0.389. The smallest absolute Gasteiger partial charge is 0.130 e. The third-order valence-electron chi connectivity index (χ3n) is 3.91. The number of ketones is 1. The van der Waals surface area contributed by atoms with E-state index in [4.69, 9.17) is 0 Å². The van der Waals surface area contributed by atoms with Crippen LogP contribution in [-0.4, -0.2) is 5.78 Å². The number of carbonyl (C=O) groups is 1. The third kappa shape index (κ3) is 1.30. The van der Waals surface area contributed by atoms with Crippen LogP contribution in [0, 0.1) is 23.7 Å². The van der Waals surface area contributed by atoms with E-state index in [-0.39, 0.29) is 0 Å². The van der Waals surface area contributed by atoms with Crippen LogP contribution in [0.2, 0.25) is 0 Å². The Kier molecular flexibility index (Phi) is 1.97. The summed E-state index contributed by atoms with van der Waals surface area (Å²) in [6, 6.07) is 0. The third-order valence-corrected chi connectivity index (χ3v) is 3.91. The fourth-order valence-electron chi connectivity index (χ4n) is 3.30. The van der Waals surface area contributed by atoms with E-state index >= 15 is 0 Å². The van der Waals surface area contributed by atoms with Crippen molar-refractivity contribution in [3.63, 3.8) is 0 Å². The maximum absolute atomic E-state index is 11.0. The van der Waals surface area contributed by atoms with E-state index in [1.54, 1.807) is 6.92 Å². The van der Waals surface area contributed by atoms with Gasteiger partial charge in [-0.25, -0.2) is 0 Å². The van der Waals surface area contributed by atoms with Crippen molar-refractivity contribution in [3.05, 3.63) is 0 Å². The molecular formula is C11H18O. The van der Waals surface area contributed by atoms with Gasteiger partial charge in [0.15, 0.2) is 0 Å². The molecule has 2 bridgehead atoms. The standard InChI is InChI=1S/C11H18O/c1-7-3-10-5-9(7)6-11(10)4-8(2)12/h7,9-11H,3-6H2,1-2H3. The van der Waals surface area contributed by atoms with Crippen molar-refractivity contribution in [2.75, 3.05) is 0 Å². The van der Waals surface area contributed by atoms with Crippen molar-refractivity contribution in [1.29, 1.82) is 0 Å². The number of hydrogen-bond acceptors (Lipinski definition) is 1. The molecule has 0 spiro atoms. The average Bonchev–Trinajstić information content (AvgIpc) is 2.44. The van der Waals surface area contributed by atoms with Gasteiger partial charge in [-0.2, -0.15) is 0 Å². The van der Waals surface area contributed by atoms with Gasteiger partial charge in [-0.3, -0.25) is 0 Å². The molecule has 0 aromatic carbocycles. The normalized spacial score (nSPS) is 45.2. The largest absolute Gasteiger partial charge is 0.300 e. The fraction of sp³-hybridized carbons (Fsp3) is 0.909. The number of rotatable bonds is 2. The quantitative estimate of drug-likeness (QED) is 0.616. The summed E-state index contributed by atoms with van der Waals surface area (Å²) in [4.78, 5) is 11.0. The van der Waals surface area contributed by atoms with Crippen LogP contribution in [0.5, 0.6) is 0 Å². The van der Waals surface area contributed by atoms with Crippen LogP contribution in [0.4, 0.5) is 0 Å². The summed E-state index contributed by atoms with van der Waals surface area (Å²) < 4.78 is 0. The fourth-order valence-corrected chi connectivity index (χ4v) is 3.30. The number of fused-ring (bicyclic) bond motifs is 2. The summed E-state index contributed by atoms with van der Waals surface area (Å²) in [6.45, 7) is 4.10. The van der Waals surface area contributed by atoms with Gasteiger partial charge in [0.25, 0.3) is 0 Å². The summed E-state index contributed by atoms with van der Waals surface area (Å²) in [6.07, 6.45) is 5.00. The SMILES string of the molecule is CC(=O)CC1CC2CC1CC2C. The molecule has 0 aromatic rings. The molecular weight excluding hydrogens is 148 g/mol. The Hall–Kier alpha value is -0.330. The van der Waals surface area contributed by atoms with Gasteiger partial charge in [-0.15, -0.1) is 0 Å². The van der Waals surface area contributed by atoms with Crippen LogP contribution in [0.1, 0.15) is 39.5 Å². The van der Waals surface area contributed by atoms with Gasteiger partial charge < -0.3 is 4.79 Å². The second kappa shape index (κ2) is 2.86. The minimum absolute atomic E-state index is 0.389. The lowest BCUT2D eigenvalue weighted by Gasteiger charge is -2.24. The van der Waals surface area contributed by atoms with Crippen LogP contribution >= 0.6 is 0 Å². The Morgan fingerprint density at radius 3 is 2.42 bits per heavy atom. The molecule has 1 heteroatoms. The molecule has 2 aliphatic rings. The average molecular weight is 166 g/mol. The molecule has 4 unspecified atom stereocenters. The van der Waals surface area contributed by atoms with E-state index < -0.39 is 0 Å². The lowest BCUT2D eigenvalue weighted by atomic mass is 9.81. The van der Waals surface area contributed by atoms with Gasteiger partial charge in [0.2, 0.25) is 0 Å². The van der Waals surface area contributed by atoms with Crippen molar-refractivity contribution >= 4 is 5.78 Å². The molecule has 0 heterocycles. The lowest BCUT2D eigenvalue weighted by molar-refractivity contribution is -0.118. The highest BCUT2D eigenvalue weighted by molar-refractivity contribution is 5.75. The molecule has 0 saturated heterocycles. The van der Waals surface area contributed by atoms with E-state index in [2.05, 4.69) is 6.92 Å². The Morgan fingerprint density at radius 2 is 2.00 bits per heavy atom. The minimum Gasteiger partial charge on any atom is -0.300 e. The number of Topliss-reactive ketones (excluding diaryl/α,β-unsaturated/α-hetero) is 1. The van der Waals surface area contributed by atoms with E-state index in [1.807, 2.05) is 0 Å². The van der Waals surface area contributed by atoms with Crippen molar-refractivity contribution in [2.45, 2.75) is 39.5 Å². The molecule has 2 fully saturated rings. The molecule has 0 amide bonds. The Balaban J connectivity index is 1.94. The monoisotopic (exact) mass is 166 g/mol. The first-order valence-electron chi connectivity index (χ1n) is 5.16. The number of carbonyl (C=O) groups excluding carboxylic acids is 1. The molecule has 0 aromatic heterocycles. The van der Waals surface area contributed by atoms with Gasteiger partial charge in [0.1, 0.15) is 5.78 Å². The van der Waals surface area contributed by atoms with E-state index in [1.165, 1.54) is 19.3 Å². The van der Waals surface area contributed by atoms with E-state index in [9.17, 15) is 4.79 Å². The second-order valence-electron chi connectivity index (χ2n) is 4.87. The summed E-state index contributed by atoms with van der Waals surface area (Å²) in [5, 5.41) is 0. The van der Waals surface area contributed by atoms with Crippen LogP contribution in [0.15, 0.2) is 0 Å². The summed E-state index contributed by atoms with van der Waals surface area (Å²) in [5.74, 6) is 3.94. The number of hydrogen-bond donors (Lipinski definition) is 0. The maximum Gasteiger partial charge on any atom is 0.130 e. The summed E-state index contributed by atoms with van der Waals surface area (Å²) in [5.41, 5.74) is 0. The summed E-state index contributed by atoms with van der Waals surface area (Å²) in [7, 11) is 0. The van der Waals surface area contributed by atoms with Crippen molar-refractivity contribution in [3.8, 4) is 0 Å². The zero-order chi connectivity index (χ0) is 8.72. The van der Waals surface area contributed by atoms with Crippen molar-refractivity contribution < 1.29 is 4.79 Å². The van der Waals surface area contributed by atoms with Crippen LogP contribution in [0.3, 0.4) is 0 Å².